The molecule has 0 unspecified atom stereocenters. The maximum atomic E-state index is 11.3. The van der Waals surface area contributed by atoms with Crippen LogP contribution in [0.1, 0.15) is 33.6 Å². The molecule has 0 aliphatic carbocycles. The van der Waals surface area contributed by atoms with E-state index in [-0.39, 0.29) is 23.5 Å². The van der Waals surface area contributed by atoms with Crippen molar-refractivity contribution in [3.8, 4) is 0 Å². The van der Waals surface area contributed by atoms with Crippen LogP contribution in [0.5, 0.6) is 0 Å². The van der Waals surface area contributed by atoms with E-state index in [1.807, 2.05) is 20.8 Å². The topological polar surface area (TPSA) is 63.2 Å². The van der Waals surface area contributed by atoms with Gasteiger partial charge in [-0.05, 0) is 20.8 Å². The van der Waals surface area contributed by atoms with Gasteiger partial charge in [0.1, 0.15) is 15.6 Å². The third kappa shape index (κ3) is 11.5. The van der Waals surface area contributed by atoms with Gasteiger partial charge in [-0.15, -0.1) is 0 Å². The largest absolute Gasteiger partial charge is 0.312 e. The lowest BCUT2D eigenvalue weighted by molar-refractivity contribution is -0.118. The summed E-state index contributed by atoms with van der Waals surface area (Å²) in [7, 11) is -3.01. The van der Waals surface area contributed by atoms with Crippen molar-refractivity contribution in [1.82, 2.24) is 5.32 Å². The molecule has 5 heteroatoms. The molecule has 90 valence electrons. The normalized spacial score (nSPS) is 12.8. The van der Waals surface area contributed by atoms with Crippen LogP contribution in [0.3, 0.4) is 0 Å². The summed E-state index contributed by atoms with van der Waals surface area (Å²) in [5.41, 5.74) is -0.00286. The van der Waals surface area contributed by atoms with Crippen molar-refractivity contribution >= 4 is 15.6 Å². The number of ketones is 1. The Morgan fingerprint density at radius 3 is 2.13 bits per heavy atom. The lowest BCUT2D eigenvalue weighted by Gasteiger charge is -2.19. The molecule has 0 amide bonds. The van der Waals surface area contributed by atoms with Gasteiger partial charge in [0.05, 0.1) is 5.75 Å². The Bertz CT molecular complexity index is 301. The summed E-state index contributed by atoms with van der Waals surface area (Å²) < 4.78 is 21.6. The Balaban J connectivity index is 3.69. The third-order valence-corrected chi connectivity index (χ3v) is 2.76. The molecule has 0 aromatic carbocycles. The van der Waals surface area contributed by atoms with Gasteiger partial charge >= 0.3 is 0 Å². The predicted octanol–water partition coefficient (Wildman–Crippen LogP) is 0.768. The molecule has 15 heavy (non-hydrogen) atoms. The fourth-order valence-electron chi connectivity index (χ4n) is 1.00. The fraction of sp³-hybridized carbons (Fsp3) is 0.900. The first kappa shape index (κ1) is 14.6. The molecule has 0 saturated carbocycles. The van der Waals surface area contributed by atoms with E-state index in [0.717, 1.165) is 6.26 Å². The molecule has 0 spiro atoms. The van der Waals surface area contributed by atoms with E-state index in [4.69, 9.17) is 0 Å². The number of sulfone groups is 1. The van der Waals surface area contributed by atoms with Crippen molar-refractivity contribution in [2.24, 2.45) is 0 Å². The van der Waals surface area contributed by atoms with Gasteiger partial charge in [0.2, 0.25) is 0 Å². The van der Waals surface area contributed by atoms with Gasteiger partial charge in [-0.25, -0.2) is 8.42 Å². The summed E-state index contributed by atoms with van der Waals surface area (Å²) in [5, 5.41) is 3.18. The van der Waals surface area contributed by atoms with E-state index in [2.05, 4.69) is 5.32 Å². The Kier molecular flexibility index (Phi) is 5.45. The molecule has 0 rings (SSSR count). The first-order valence-corrected chi connectivity index (χ1v) is 7.11. The zero-order valence-corrected chi connectivity index (χ0v) is 10.8. The number of nitrogens with one attached hydrogen (secondary N) is 1. The summed E-state index contributed by atoms with van der Waals surface area (Å²) in [6.45, 7) is 6.67. The van der Waals surface area contributed by atoms with E-state index < -0.39 is 9.84 Å². The average Bonchev–Trinajstić information content (AvgIpc) is 1.97. The highest BCUT2D eigenvalue weighted by atomic mass is 32.2. The third-order valence-electron chi connectivity index (χ3n) is 1.81. The van der Waals surface area contributed by atoms with Crippen molar-refractivity contribution in [3.63, 3.8) is 0 Å². The molecule has 0 heterocycles. The molecule has 0 fully saturated rings. The summed E-state index contributed by atoms with van der Waals surface area (Å²) in [4.78, 5) is 11.3. The van der Waals surface area contributed by atoms with Crippen molar-refractivity contribution in [1.29, 1.82) is 0 Å². The van der Waals surface area contributed by atoms with Gasteiger partial charge in [0.15, 0.2) is 0 Å². The minimum absolute atomic E-state index is 0.00262. The van der Waals surface area contributed by atoms with Crippen LogP contribution >= 0.6 is 0 Å². The Labute approximate surface area is 92.4 Å². The highest BCUT2D eigenvalue weighted by Crippen LogP contribution is 1.99. The molecule has 0 aromatic heterocycles. The van der Waals surface area contributed by atoms with Crippen LogP contribution in [-0.2, 0) is 14.6 Å². The van der Waals surface area contributed by atoms with Gasteiger partial charge in [0, 0.05) is 31.2 Å². The van der Waals surface area contributed by atoms with E-state index in [0.29, 0.717) is 13.0 Å². The van der Waals surface area contributed by atoms with Crippen molar-refractivity contribution in [3.05, 3.63) is 0 Å². The van der Waals surface area contributed by atoms with Crippen LogP contribution in [0.25, 0.3) is 0 Å². The minimum Gasteiger partial charge on any atom is -0.312 e. The maximum Gasteiger partial charge on any atom is 0.147 e. The number of hydrogen-bond acceptors (Lipinski definition) is 4. The van der Waals surface area contributed by atoms with E-state index in [9.17, 15) is 13.2 Å². The molecule has 4 nitrogen and oxygen atoms in total. The molecule has 0 aliphatic rings. The van der Waals surface area contributed by atoms with Crippen LogP contribution in [0, 0.1) is 0 Å². The molecular weight excluding hydrogens is 214 g/mol. The SMILES string of the molecule is CC(C)(C)NCCC(=O)CCS(C)(=O)=O. The summed E-state index contributed by atoms with van der Waals surface area (Å²) in [6, 6.07) is 0. The summed E-state index contributed by atoms with van der Waals surface area (Å²) >= 11 is 0. The molecule has 0 aromatic rings. The van der Waals surface area contributed by atoms with Crippen LogP contribution in [0.4, 0.5) is 0 Å². The lowest BCUT2D eigenvalue weighted by atomic mass is 10.1. The lowest BCUT2D eigenvalue weighted by Crippen LogP contribution is -2.37. The second kappa shape index (κ2) is 5.61. The first-order valence-electron chi connectivity index (χ1n) is 5.05. The fourth-order valence-corrected chi connectivity index (χ4v) is 1.60. The van der Waals surface area contributed by atoms with Crippen LogP contribution < -0.4 is 5.32 Å². The van der Waals surface area contributed by atoms with Crippen LogP contribution in [0.2, 0.25) is 0 Å². The zero-order valence-electron chi connectivity index (χ0n) is 9.96. The number of carbonyl (C=O) groups is 1. The minimum atomic E-state index is -3.01. The Morgan fingerprint density at radius 2 is 1.73 bits per heavy atom. The Hall–Kier alpha value is -0.420. The van der Waals surface area contributed by atoms with Gasteiger partial charge < -0.3 is 5.32 Å². The standard InChI is InChI=1S/C10H21NO3S/c1-10(2,3)11-7-5-9(12)6-8-15(4,13)14/h11H,5-8H2,1-4H3. The first-order chi connectivity index (χ1) is 6.60. The average molecular weight is 235 g/mol. The number of Topliss-reactive ketones (excluding diaryl/α,β-unsaturated/α-hetero) is 1. The van der Waals surface area contributed by atoms with E-state index in [1.165, 1.54) is 0 Å². The number of hydrogen-bond donors (Lipinski definition) is 1. The second-order valence-electron chi connectivity index (χ2n) is 4.85. The van der Waals surface area contributed by atoms with E-state index in [1.54, 1.807) is 0 Å². The van der Waals surface area contributed by atoms with E-state index >= 15 is 0 Å². The van der Waals surface area contributed by atoms with Crippen molar-refractivity contribution in [2.45, 2.75) is 39.2 Å². The molecule has 0 radical (unpaired) electrons. The summed E-state index contributed by atoms with van der Waals surface area (Å²) in [6.07, 6.45) is 1.67. The van der Waals surface area contributed by atoms with Crippen LogP contribution in [0.15, 0.2) is 0 Å². The molecule has 0 atom stereocenters. The van der Waals surface area contributed by atoms with Gasteiger partial charge in [-0.1, -0.05) is 0 Å². The van der Waals surface area contributed by atoms with Gasteiger partial charge in [-0.2, -0.15) is 0 Å². The van der Waals surface area contributed by atoms with Crippen molar-refractivity contribution in [2.75, 3.05) is 18.6 Å². The Morgan fingerprint density at radius 1 is 1.20 bits per heavy atom. The molecule has 0 bridgehead atoms. The highest BCUT2D eigenvalue weighted by Gasteiger charge is 2.11. The number of rotatable bonds is 6. The highest BCUT2D eigenvalue weighted by molar-refractivity contribution is 7.90. The zero-order chi connectivity index (χ0) is 12.1. The number of carbonyl (C=O) groups excluding carboxylic acids is 1. The quantitative estimate of drug-likeness (QED) is 0.738. The maximum absolute atomic E-state index is 11.3. The smallest absolute Gasteiger partial charge is 0.147 e. The molecule has 0 saturated heterocycles. The van der Waals surface area contributed by atoms with Gasteiger partial charge in [-0.3, -0.25) is 4.79 Å². The van der Waals surface area contributed by atoms with Crippen molar-refractivity contribution < 1.29 is 13.2 Å². The molecule has 0 aliphatic heterocycles. The summed E-state index contributed by atoms with van der Waals surface area (Å²) in [5.74, 6) is -0.0429. The molecular formula is C10H21NO3S. The predicted molar refractivity (Wildman–Crippen MR) is 61.7 cm³/mol. The monoisotopic (exact) mass is 235 g/mol. The molecule has 1 N–H and O–H groups in total. The van der Waals surface area contributed by atoms with Crippen LogP contribution in [-0.4, -0.2) is 38.3 Å². The second-order valence-corrected chi connectivity index (χ2v) is 7.11. The van der Waals surface area contributed by atoms with Gasteiger partial charge in [0.25, 0.3) is 0 Å².